The molecule has 0 saturated heterocycles. The highest BCUT2D eigenvalue weighted by Gasteiger charge is 2.03. The summed E-state index contributed by atoms with van der Waals surface area (Å²) in [6.45, 7) is 0. The lowest BCUT2D eigenvalue weighted by Crippen LogP contribution is -2.08. The molecule has 0 spiro atoms. The molecule has 6 heteroatoms. The maximum Gasteiger partial charge on any atom is 0.248 e. The standard InChI is InChI=1S/C14H9Cl3N2O/c15-10-5-3-9(8-11(10)16)4-6-13(20)19-12-2-1-7-18-14(12)17/h1-8H,(H,19,20)/b6-4+. The second-order valence-electron chi connectivity index (χ2n) is 3.84. The van der Waals surface area contributed by atoms with Crippen molar-refractivity contribution in [3.8, 4) is 0 Å². The minimum atomic E-state index is -0.314. The van der Waals surface area contributed by atoms with Crippen molar-refractivity contribution in [2.24, 2.45) is 0 Å². The average Bonchev–Trinajstić information content (AvgIpc) is 2.43. The molecule has 1 N–H and O–H groups in total. The molecule has 2 rings (SSSR count). The Morgan fingerprint density at radius 3 is 2.65 bits per heavy atom. The van der Waals surface area contributed by atoms with Gasteiger partial charge in [-0.1, -0.05) is 40.9 Å². The molecule has 0 aliphatic carbocycles. The third kappa shape index (κ3) is 3.97. The maximum absolute atomic E-state index is 11.7. The zero-order chi connectivity index (χ0) is 14.5. The maximum atomic E-state index is 11.7. The molecule has 0 fully saturated rings. The van der Waals surface area contributed by atoms with Crippen molar-refractivity contribution >= 4 is 52.5 Å². The average molecular weight is 328 g/mol. The van der Waals surface area contributed by atoms with Gasteiger partial charge in [-0.25, -0.2) is 4.98 Å². The molecule has 1 aromatic carbocycles. The third-order valence-corrected chi connectivity index (χ3v) is 3.43. The Morgan fingerprint density at radius 2 is 1.95 bits per heavy atom. The first-order chi connectivity index (χ1) is 9.56. The van der Waals surface area contributed by atoms with Crippen molar-refractivity contribution in [3.05, 3.63) is 63.4 Å². The van der Waals surface area contributed by atoms with Crippen LogP contribution in [0.1, 0.15) is 5.56 Å². The molecule has 2 aromatic rings. The van der Waals surface area contributed by atoms with Crippen molar-refractivity contribution in [1.29, 1.82) is 0 Å². The number of nitrogens with zero attached hydrogens (tertiary/aromatic N) is 1. The van der Waals surface area contributed by atoms with Gasteiger partial charge in [0.2, 0.25) is 5.91 Å². The van der Waals surface area contributed by atoms with Gasteiger partial charge in [0, 0.05) is 12.3 Å². The minimum Gasteiger partial charge on any atom is -0.320 e. The molecule has 1 amide bonds. The lowest BCUT2D eigenvalue weighted by Gasteiger charge is -2.03. The van der Waals surface area contributed by atoms with Crippen molar-refractivity contribution < 1.29 is 4.79 Å². The number of nitrogens with one attached hydrogen (secondary N) is 1. The summed E-state index contributed by atoms with van der Waals surface area (Å²) in [6.07, 6.45) is 4.55. The lowest BCUT2D eigenvalue weighted by molar-refractivity contribution is -0.111. The second kappa shape index (κ2) is 6.75. The van der Waals surface area contributed by atoms with Crippen LogP contribution in [0.5, 0.6) is 0 Å². The Labute approximate surface area is 131 Å². The van der Waals surface area contributed by atoms with E-state index in [0.29, 0.717) is 15.7 Å². The van der Waals surface area contributed by atoms with Gasteiger partial charge in [-0.2, -0.15) is 0 Å². The fourth-order valence-corrected chi connectivity index (χ4v) is 1.91. The number of rotatable bonds is 3. The summed E-state index contributed by atoms with van der Waals surface area (Å²) in [6, 6.07) is 8.45. The largest absolute Gasteiger partial charge is 0.320 e. The molecule has 20 heavy (non-hydrogen) atoms. The molecule has 1 aromatic heterocycles. The monoisotopic (exact) mass is 326 g/mol. The topological polar surface area (TPSA) is 42.0 Å². The van der Waals surface area contributed by atoms with Crippen molar-refractivity contribution in [2.75, 3.05) is 5.32 Å². The van der Waals surface area contributed by atoms with Gasteiger partial charge in [0.1, 0.15) is 0 Å². The van der Waals surface area contributed by atoms with Crippen LogP contribution in [0.3, 0.4) is 0 Å². The minimum absolute atomic E-state index is 0.240. The number of carbonyl (C=O) groups excluding carboxylic acids is 1. The summed E-state index contributed by atoms with van der Waals surface area (Å²) in [5.74, 6) is -0.314. The van der Waals surface area contributed by atoms with Gasteiger partial charge >= 0.3 is 0 Å². The van der Waals surface area contributed by atoms with Crippen molar-refractivity contribution in [3.63, 3.8) is 0 Å². The van der Waals surface area contributed by atoms with Gasteiger partial charge in [0.25, 0.3) is 0 Å². The number of anilines is 1. The number of carbonyl (C=O) groups is 1. The predicted molar refractivity (Wildman–Crippen MR) is 83.4 cm³/mol. The number of aromatic nitrogens is 1. The van der Waals surface area contributed by atoms with Crippen LogP contribution in [0.15, 0.2) is 42.6 Å². The van der Waals surface area contributed by atoms with Gasteiger partial charge in [-0.05, 0) is 35.9 Å². The number of pyridine rings is 1. The number of benzene rings is 1. The van der Waals surface area contributed by atoms with E-state index in [1.807, 2.05) is 0 Å². The first-order valence-corrected chi connectivity index (χ1v) is 6.74. The molecule has 0 saturated carbocycles. The molecule has 0 atom stereocenters. The molecule has 0 aliphatic heterocycles. The molecule has 0 radical (unpaired) electrons. The number of halogens is 3. The van der Waals surface area contributed by atoms with E-state index in [0.717, 1.165) is 5.56 Å². The van der Waals surface area contributed by atoms with Gasteiger partial charge < -0.3 is 5.32 Å². The van der Waals surface area contributed by atoms with Gasteiger partial charge in [-0.3, -0.25) is 4.79 Å². The first kappa shape index (κ1) is 14.9. The van der Waals surface area contributed by atoms with Crippen LogP contribution in [-0.2, 0) is 4.79 Å². The summed E-state index contributed by atoms with van der Waals surface area (Å²) >= 11 is 17.5. The first-order valence-electron chi connectivity index (χ1n) is 5.61. The van der Waals surface area contributed by atoms with E-state index >= 15 is 0 Å². The van der Waals surface area contributed by atoms with E-state index in [1.165, 1.54) is 6.08 Å². The molecule has 1 heterocycles. The van der Waals surface area contributed by atoms with Crippen LogP contribution in [0.2, 0.25) is 15.2 Å². The highest BCUT2D eigenvalue weighted by atomic mass is 35.5. The third-order valence-electron chi connectivity index (χ3n) is 2.39. The van der Waals surface area contributed by atoms with Crippen LogP contribution < -0.4 is 5.32 Å². The number of amides is 1. The lowest BCUT2D eigenvalue weighted by atomic mass is 10.2. The summed E-state index contributed by atoms with van der Waals surface area (Å²) in [7, 11) is 0. The fourth-order valence-electron chi connectivity index (χ4n) is 1.44. The van der Waals surface area contributed by atoms with E-state index in [9.17, 15) is 4.79 Å². The molecule has 3 nitrogen and oxygen atoms in total. The summed E-state index contributed by atoms with van der Waals surface area (Å²) in [4.78, 5) is 15.6. The van der Waals surface area contributed by atoms with Crippen molar-refractivity contribution in [1.82, 2.24) is 4.98 Å². The van der Waals surface area contributed by atoms with Gasteiger partial charge in [0.05, 0.1) is 15.7 Å². The second-order valence-corrected chi connectivity index (χ2v) is 5.01. The van der Waals surface area contributed by atoms with E-state index in [2.05, 4.69) is 10.3 Å². The number of hydrogen-bond donors (Lipinski definition) is 1. The molecule has 0 bridgehead atoms. The zero-order valence-corrected chi connectivity index (χ0v) is 12.4. The zero-order valence-electron chi connectivity index (χ0n) is 10.1. The van der Waals surface area contributed by atoms with E-state index in [4.69, 9.17) is 34.8 Å². The summed E-state index contributed by atoms with van der Waals surface area (Å²) in [5, 5.41) is 3.77. The van der Waals surface area contributed by atoms with Crippen LogP contribution >= 0.6 is 34.8 Å². The Hall–Kier alpha value is -1.55. The van der Waals surface area contributed by atoms with Crippen LogP contribution in [0.4, 0.5) is 5.69 Å². The van der Waals surface area contributed by atoms with Crippen LogP contribution in [0, 0.1) is 0 Å². The Kier molecular flexibility index (Phi) is 5.01. The predicted octanol–water partition coefficient (Wildman–Crippen LogP) is 4.69. The highest BCUT2D eigenvalue weighted by molar-refractivity contribution is 6.42. The Morgan fingerprint density at radius 1 is 1.15 bits per heavy atom. The molecular weight excluding hydrogens is 319 g/mol. The smallest absolute Gasteiger partial charge is 0.248 e. The molecule has 102 valence electrons. The van der Waals surface area contributed by atoms with E-state index in [1.54, 1.807) is 42.6 Å². The SMILES string of the molecule is O=C(/C=C/c1ccc(Cl)c(Cl)c1)Nc1cccnc1Cl. The van der Waals surface area contributed by atoms with Gasteiger partial charge in [-0.15, -0.1) is 0 Å². The Bertz CT molecular complexity index is 671. The summed E-state index contributed by atoms with van der Waals surface area (Å²) < 4.78 is 0. The van der Waals surface area contributed by atoms with Crippen LogP contribution in [0.25, 0.3) is 6.08 Å². The molecular formula is C14H9Cl3N2O. The normalized spacial score (nSPS) is 10.8. The fraction of sp³-hybridized carbons (Fsp3) is 0. The van der Waals surface area contributed by atoms with E-state index < -0.39 is 0 Å². The molecule has 0 aliphatic rings. The molecule has 0 unspecified atom stereocenters. The van der Waals surface area contributed by atoms with Crippen LogP contribution in [-0.4, -0.2) is 10.9 Å². The summed E-state index contributed by atoms with van der Waals surface area (Å²) in [5.41, 5.74) is 1.23. The Balaban J connectivity index is 2.06. The number of hydrogen-bond acceptors (Lipinski definition) is 2. The van der Waals surface area contributed by atoms with E-state index in [-0.39, 0.29) is 11.1 Å². The van der Waals surface area contributed by atoms with Gasteiger partial charge in [0.15, 0.2) is 5.15 Å². The quantitative estimate of drug-likeness (QED) is 0.656. The highest BCUT2D eigenvalue weighted by Crippen LogP contribution is 2.23. The van der Waals surface area contributed by atoms with Crippen molar-refractivity contribution in [2.45, 2.75) is 0 Å².